The van der Waals surface area contributed by atoms with E-state index in [4.69, 9.17) is 9.47 Å². The lowest BCUT2D eigenvalue weighted by Gasteiger charge is -2.23. The number of alkyl carbamates (subject to hydrolysis) is 1. The minimum Gasteiger partial charge on any atom is -0.444 e. The molecule has 3 rings (SSSR count). The zero-order chi connectivity index (χ0) is 18.6. The molecule has 0 aliphatic carbocycles. The van der Waals surface area contributed by atoms with E-state index in [1.54, 1.807) is 0 Å². The second-order valence-corrected chi connectivity index (χ2v) is 7.77. The minimum absolute atomic E-state index is 0.00271. The molecule has 4 heteroatoms. The molecular formula is C22H27NO3. The molecule has 0 bridgehead atoms. The van der Waals surface area contributed by atoms with E-state index >= 15 is 0 Å². The average Bonchev–Trinajstić information content (AvgIpc) is 3.33. The molecule has 3 atom stereocenters. The van der Waals surface area contributed by atoms with Crippen LogP contribution in [0.25, 0.3) is 0 Å². The largest absolute Gasteiger partial charge is 0.444 e. The summed E-state index contributed by atoms with van der Waals surface area (Å²) in [7, 11) is 0. The van der Waals surface area contributed by atoms with Gasteiger partial charge in [-0.25, -0.2) is 4.79 Å². The summed E-state index contributed by atoms with van der Waals surface area (Å²) >= 11 is 0. The molecule has 138 valence electrons. The van der Waals surface area contributed by atoms with E-state index in [1.165, 1.54) is 11.1 Å². The van der Waals surface area contributed by atoms with Crippen LogP contribution in [0.3, 0.4) is 0 Å². The molecular weight excluding hydrogens is 326 g/mol. The van der Waals surface area contributed by atoms with Crippen LogP contribution in [0.2, 0.25) is 0 Å². The number of hydrogen-bond acceptors (Lipinski definition) is 3. The summed E-state index contributed by atoms with van der Waals surface area (Å²) in [6.07, 6.45) is 1.31. The van der Waals surface area contributed by atoms with Crippen LogP contribution in [-0.4, -0.2) is 29.9 Å². The van der Waals surface area contributed by atoms with E-state index in [0.717, 1.165) is 12.8 Å². The van der Waals surface area contributed by atoms with Gasteiger partial charge in [0.25, 0.3) is 0 Å². The molecule has 1 fully saturated rings. The van der Waals surface area contributed by atoms with Crippen molar-refractivity contribution in [1.29, 1.82) is 0 Å². The van der Waals surface area contributed by atoms with Crippen molar-refractivity contribution in [3.8, 4) is 0 Å². The van der Waals surface area contributed by atoms with Crippen LogP contribution in [0, 0.1) is 0 Å². The second kappa shape index (κ2) is 7.92. The second-order valence-electron chi connectivity index (χ2n) is 7.77. The van der Waals surface area contributed by atoms with Gasteiger partial charge in [0, 0.05) is 6.42 Å². The summed E-state index contributed by atoms with van der Waals surface area (Å²) < 4.78 is 11.3. The Bertz CT molecular complexity index is 709. The van der Waals surface area contributed by atoms with E-state index in [1.807, 2.05) is 57.2 Å². The van der Waals surface area contributed by atoms with Crippen molar-refractivity contribution in [2.75, 3.05) is 0 Å². The van der Waals surface area contributed by atoms with Crippen LogP contribution in [0.15, 0.2) is 60.7 Å². The molecule has 0 spiro atoms. The molecule has 1 aliphatic heterocycles. The fraction of sp³-hybridized carbons (Fsp3) is 0.409. The molecule has 1 aliphatic rings. The number of rotatable bonds is 6. The maximum Gasteiger partial charge on any atom is 0.407 e. The van der Waals surface area contributed by atoms with Crippen molar-refractivity contribution >= 4 is 6.09 Å². The summed E-state index contributed by atoms with van der Waals surface area (Å²) in [6, 6.07) is 20.3. The SMILES string of the molecule is CC(C)(C)OC(=O)NC(Cc1ccccc1)C1OC1Cc1ccccc1. The quantitative estimate of drug-likeness (QED) is 0.794. The van der Waals surface area contributed by atoms with E-state index in [-0.39, 0.29) is 18.2 Å². The Morgan fingerprint density at radius 3 is 2.19 bits per heavy atom. The highest BCUT2D eigenvalue weighted by atomic mass is 16.6. The topological polar surface area (TPSA) is 50.9 Å². The maximum absolute atomic E-state index is 12.3. The Balaban J connectivity index is 1.64. The molecule has 2 aromatic rings. The number of amides is 1. The van der Waals surface area contributed by atoms with Crippen molar-refractivity contribution in [3.05, 3.63) is 71.8 Å². The monoisotopic (exact) mass is 353 g/mol. The van der Waals surface area contributed by atoms with E-state index in [2.05, 4.69) is 29.6 Å². The number of hydrogen-bond donors (Lipinski definition) is 1. The summed E-state index contributed by atoms with van der Waals surface area (Å²) in [6.45, 7) is 5.60. The van der Waals surface area contributed by atoms with Crippen LogP contribution in [-0.2, 0) is 22.3 Å². The van der Waals surface area contributed by atoms with Crippen LogP contribution >= 0.6 is 0 Å². The molecule has 0 saturated carbocycles. The summed E-state index contributed by atoms with van der Waals surface area (Å²) in [4.78, 5) is 12.3. The van der Waals surface area contributed by atoms with Gasteiger partial charge in [0.2, 0.25) is 0 Å². The lowest BCUT2D eigenvalue weighted by molar-refractivity contribution is 0.0495. The van der Waals surface area contributed by atoms with Gasteiger partial charge in [-0.1, -0.05) is 60.7 Å². The van der Waals surface area contributed by atoms with Gasteiger partial charge in [-0.2, -0.15) is 0 Å². The lowest BCUT2D eigenvalue weighted by atomic mass is 9.99. The first-order valence-corrected chi connectivity index (χ1v) is 9.13. The molecule has 4 nitrogen and oxygen atoms in total. The summed E-state index contributed by atoms with van der Waals surface area (Å²) in [5.74, 6) is 0. The Labute approximate surface area is 155 Å². The first-order valence-electron chi connectivity index (χ1n) is 9.13. The number of nitrogens with one attached hydrogen (secondary N) is 1. The third-order valence-corrected chi connectivity index (χ3v) is 4.30. The molecule has 3 unspecified atom stereocenters. The highest BCUT2D eigenvalue weighted by Gasteiger charge is 2.45. The van der Waals surface area contributed by atoms with Crippen molar-refractivity contribution in [3.63, 3.8) is 0 Å². The Hall–Kier alpha value is -2.33. The van der Waals surface area contributed by atoms with Gasteiger partial charge in [-0.05, 0) is 38.3 Å². The van der Waals surface area contributed by atoms with Gasteiger partial charge in [-0.3, -0.25) is 0 Å². The zero-order valence-corrected chi connectivity index (χ0v) is 15.6. The van der Waals surface area contributed by atoms with Gasteiger partial charge in [0.1, 0.15) is 11.7 Å². The minimum atomic E-state index is -0.519. The van der Waals surface area contributed by atoms with Crippen molar-refractivity contribution in [2.45, 2.75) is 57.5 Å². The number of benzene rings is 2. The molecule has 1 N–H and O–H groups in total. The molecule has 26 heavy (non-hydrogen) atoms. The molecule has 1 heterocycles. The molecule has 2 aromatic carbocycles. The maximum atomic E-state index is 12.3. The number of carbonyl (C=O) groups excluding carboxylic acids is 1. The lowest BCUT2D eigenvalue weighted by Crippen LogP contribution is -2.43. The van der Waals surface area contributed by atoms with Gasteiger partial charge in [0.05, 0.1) is 12.1 Å². The first kappa shape index (κ1) is 18.5. The number of ether oxygens (including phenoxy) is 2. The predicted molar refractivity (Wildman–Crippen MR) is 102 cm³/mol. The van der Waals surface area contributed by atoms with Crippen LogP contribution in [0.1, 0.15) is 31.9 Å². The van der Waals surface area contributed by atoms with Gasteiger partial charge in [0.15, 0.2) is 0 Å². The van der Waals surface area contributed by atoms with Crippen molar-refractivity contribution in [2.24, 2.45) is 0 Å². The van der Waals surface area contributed by atoms with E-state index in [9.17, 15) is 4.79 Å². The number of epoxide rings is 1. The van der Waals surface area contributed by atoms with Gasteiger partial charge < -0.3 is 14.8 Å². The molecule has 0 radical (unpaired) electrons. The third-order valence-electron chi connectivity index (χ3n) is 4.30. The smallest absolute Gasteiger partial charge is 0.407 e. The fourth-order valence-electron chi connectivity index (χ4n) is 3.10. The van der Waals surface area contributed by atoms with Crippen LogP contribution < -0.4 is 5.32 Å². The van der Waals surface area contributed by atoms with Crippen molar-refractivity contribution in [1.82, 2.24) is 5.32 Å². The Morgan fingerprint density at radius 1 is 1.04 bits per heavy atom. The van der Waals surface area contributed by atoms with E-state index in [0.29, 0.717) is 0 Å². The number of carbonyl (C=O) groups is 1. The first-order chi connectivity index (χ1) is 12.4. The normalized spacial score (nSPS) is 20.3. The summed E-state index contributed by atoms with van der Waals surface area (Å²) in [5, 5.41) is 3.01. The average molecular weight is 353 g/mol. The van der Waals surface area contributed by atoms with Crippen LogP contribution in [0.5, 0.6) is 0 Å². The Morgan fingerprint density at radius 2 is 1.62 bits per heavy atom. The molecule has 0 aromatic heterocycles. The fourth-order valence-corrected chi connectivity index (χ4v) is 3.10. The van der Waals surface area contributed by atoms with Crippen molar-refractivity contribution < 1.29 is 14.3 Å². The summed E-state index contributed by atoms with van der Waals surface area (Å²) in [5.41, 5.74) is 1.90. The standard InChI is InChI=1S/C22H27NO3/c1-22(2,3)26-21(24)23-18(14-16-10-6-4-7-11-16)20-19(25-20)15-17-12-8-5-9-13-17/h4-13,18-20H,14-15H2,1-3H3,(H,23,24). The highest BCUT2D eigenvalue weighted by Crippen LogP contribution is 2.30. The van der Waals surface area contributed by atoms with Gasteiger partial charge >= 0.3 is 6.09 Å². The Kier molecular flexibility index (Phi) is 5.62. The predicted octanol–water partition coefficient (Wildman–Crippen LogP) is 4.13. The third kappa shape index (κ3) is 5.60. The highest BCUT2D eigenvalue weighted by molar-refractivity contribution is 5.68. The van der Waals surface area contributed by atoms with Gasteiger partial charge in [-0.15, -0.1) is 0 Å². The van der Waals surface area contributed by atoms with E-state index < -0.39 is 11.7 Å². The zero-order valence-electron chi connectivity index (χ0n) is 15.6. The van der Waals surface area contributed by atoms with Crippen LogP contribution in [0.4, 0.5) is 4.79 Å². The molecule has 1 saturated heterocycles. The molecule has 1 amide bonds.